The molecule has 0 radical (unpaired) electrons. The number of piperidine rings is 1. The summed E-state index contributed by atoms with van der Waals surface area (Å²) < 4.78 is 5.59. The number of likely N-dealkylation sites (tertiary alicyclic amines) is 1. The van der Waals surface area contributed by atoms with Crippen LogP contribution in [0.2, 0.25) is 0 Å². The normalized spacial score (nSPS) is 21.2. The van der Waals surface area contributed by atoms with Crippen molar-refractivity contribution in [1.29, 1.82) is 0 Å². The average Bonchev–Trinajstić information content (AvgIpc) is 2.84. The number of aryl methyl sites for hydroxylation is 1. The number of hydrogen-bond donors (Lipinski definition) is 1. The fourth-order valence-corrected chi connectivity index (χ4v) is 2.82. The molecule has 108 valence electrons. The van der Waals surface area contributed by atoms with Crippen molar-refractivity contribution in [2.24, 2.45) is 11.7 Å². The zero-order valence-electron chi connectivity index (χ0n) is 12.3. The Morgan fingerprint density at radius 1 is 1.53 bits per heavy atom. The molecular weight excluding hydrogens is 238 g/mol. The second-order valence-electron chi connectivity index (χ2n) is 5.93. The van der Waals surface area contributed by atoms with Gasteiger partial charge in [-0.15, -0.1) is 0 Å². The second kappa shape index (κ2) is 7.06. The van der Waals surface area contributed by atoms with Crippen molar-refractivity contribution in [3.05, 3.63) is 17.8 Å². The predicted octanol–water partition coefficient (Wildman–Crippen LogP) is 2.23. The molecule has 1 aliphatic rings. The Morgan fingerprint density at radius 3 is 3.11 bits per heavy atom. The van der Waals surface area contributed by atoms with E-state index in [4.69, 9.17) is 10.2 Å². The van der Waals surface area contributed by atoms with Crippen LogP contribution in [0.1, 0.15) is 44.7 Å². The van der Waals surface area contributed by atoms with E-state index in [9.17, 15) is 0 Å². The molecule has 0 spiro atoms. The lowest BCUT2D eigenvalue weighted by molar-refractivity contribution is 0.136. The van der Waals surface area contributed by atoms with Gasteiger partial charge in [-0.2, -0.15) is 0 Å². The van der Waals surface area contributed by atoms with Crippen LogP contribution in [0.15, 0.2) is 10.7 Å². The SMILES string of the molecule is CC(C)N1CCCC(Cc2nc(CCCN)co2)C1. The number of hydrogen-bond acceptors (Lipinski definition) is 4. The monoisotopic (exact) mass is 265 g/mol. The average molecular weight is 265 g/mol. The van der Waals surface area contributed by atoms with Crippen LogP contribution >= 0.6 is 0 Å². The van der Waals surface area contributed by atoms with Crippen LogP contribution in [0.25, 0.3) is 0 Å². The van der Waals surface area contributed by atoms with E-state index in [0.29, 0.717) is 18.5 Å². The highest BCUT2D eigenvalue weighted by Gasteiger charge is 2.23. The molecule has 2 heterocycles. The van der Waals surface area contributed by atoms with Crippen LogP contribution < -0.4 is 5.73 Å². The van der Waals surface area contributed by atoms with Crippen molar-refractivity contribution in [2.45, 2.75) is 52.0 Å². The molecule has 1 aromatic rings. The number of aromatic nitrogens is 1. The van der Waals surface area contributed by atoms with E-state index < -0.39 is 0 Å². The van der Waals surface area contributed by atoms with Crippen molar-refractivity contribution in [3.63, 3.8) is 0 Å². The van der Waals surface area contributed by atoms with Gasteiger partial charge in [0.1, 0.15) is 6.26 Å². The minimum Gasteiger partial charge on any atom is -0.449 e. The van der Waals surface area contributed by atoms with E-state index in [2.05, 4.69) is 23.7 Å². The summed E-state index contributed by atoms with van der Waals surface area (Å²) >= 11 is 0. The van der Waals surface area contributed by atoms with Crippen LogP contribution in [0.4, 0.5) is 0 Å². The first-order valence-electron chi connectivity index (χ1n) is 7.56. The zero-order chi connectivity index (χ0) is 13.7. The molecule has 2 N–H and O–H groups in total. The molecule has 0 amide bonds. The number of oxazole rings is 1. The topological polar surface area (TPSA) is 55.3 Å². The Bertz CT molecular complexity index is 375. The zero-order valence-corrected chi connectivity index (χ0v) is 12.3. The minimum absolute atomic E-state index is 0.646. The molecule has 0 aromatic carbocycles. The van der Waals surface area contributed by atoms with Crippen LogP contribution in [0.3, 0.4) is 0 Å². The summed E-state index contributed by atoms with van der Waals surface area (Å²) in [6, 6.07) is 0.646. The summed E-state index contributed by atoms with van der Waals surface area (Å²) in [6.45, 7) is 7.69. The fraction of sp³-hybridized carbons (Fsp3) is 0.800. The van der Waals surface area contributed by atoms with Gasteiger partial charge in [0.15, 0.2) is 5.89 Å². The van der Waals surface area contributed by atoms with Crippen molar-refractivity contribution in [2.75, 3.05) is 19.6 Å². The second-order valence-corrected chi connectivity index (χ2v) is 5.93. The molecule has 0 aliphatic carbocycles. The highest BCUT2D eigenvalue weighted by atomic mass is 16.3. The molecule has 1 atom stereocenters. The lowest BCUT2D eigenvalue weighted by Crippen LogP contribution is -2.40. The lowest BCUT2D eigenvalue weighted by Gasteiger charge is -2.35. The molecule has 4 nitrogen and oxygen atoms in total. The third-order valence-electron chi connectivity index (χ3n) is 3.98. The summed E-state index contributed by atoms with van der Waals surface area (Å²) in [5.74, 6) is 1.60. The van der Waals surface area contributed by atoms with Crippen LogP contribution in [-0.4, -0.2) is 35.6 Å². The van der Waals surface area contributed by atoms with E-state index in [0.717, 1.165) is 30.8 Å². The Labute approximate surface area is 116 Å². The van der Waals surface area contributed by atoms with Gasteiger partial charge in [-0.05, 0) is 58.5 Å². The van der Waals surface area contributed by atoms with E-state index in [1.54, 1.807) is 6.26 Å². The molecule has 1 fully saturated rings. The molecule has 1 aromatic heterocycles. The van der Waals surface area contributed by atoms with Crippen LogP contribution in [0.5, 0.6) is 0 Å². The van der Waals surface area contributed by atoms with Gasteiger partial charge in [-0.25, -0.2) is 4.98 Å². The Hall–Kier alpha value is -0.870. The number of nitrogens with zero attached hydrogens (tertiary/aromatic N) is 2. The van der Waals surface area contributed by atoms with E-state index in [1.165, 1.54) is 25.9 Å². The Kier molecular flexibility index (Phi) is 5.40. The maximum Gasteiger partial charge on any atom is 0.194 e. The smallest absolute Gasteiger partial charge is 0.194 e. The Balaban J connectivity index is 1.84. The molecule has 1 saturated heterocycles. The summed E-state index contributed by atoms with van der Waals surface area (Å²) in [6.07, 6.45) is 7.28. The van der Waals surface area contributed by atoms with Crippen LogP contribution in [0, 0.1) is 5.92 Å². The number of rotatable bonds is 6. The van der Waals surface area contributed by atoms with Gasteiger partial charge in [0.25, 0.3) is 0 Å². The van der Waals surface area contributed by atoms with E-state index in [-0.39, 0.29) is 0 Å². The third kappa shape index (κ3) is 4.32. The minimum atomic E-state index is 0.646. The molecule has 1 unspecified atom stereocenters. The van der Waals surface area contributed by atoms with Gasteiger partial charge in [0, 0.05) is 19.0 Å². The van der Waals surface area contributed by atoms with Crippen molar-refractivity contribution < 1.29 is 4.42 Å². The standard InChI is InChI=1S/C15H27N3O/c1-12(2)18-8-4-5-13(10-18)9-15-17-14(11-19-15)6-3-7-16/h11-13H,3-10,16H2,1-2H3. The van der Waals surface area contributed by atoms with E-state index in [1.807, 2.05) is 0 Å². The van der Waals surface area contributed by atoms with Gasteiger partial charge < -0.3 is 15.1 Å². The van der Waals surface area contributed by atoms with Gasteiger partial charge in [-0.3, -0.25) is 0 Å². The molecular formula is C15H27N3O. The third-order valence-corrected chi connectivity index (χ3v) is 3.98. The first-order chi connectivity index (χ1) is 9.19. The summed E-state index contributed by atoms with van der Waals surface area (Å²) in [5.41, 5.74) is 6.56. The molecule has 1 aliphatic heterocycles. The molecule has 0 saturated carbocycles. The highest BCUT2D eigenvalue weighted by molar-refractivity contribution is 4.98. The summed E-state index contributed by atoms with van der Waals surface area (Å²) in [5, 5.41) is 0. The van der Waals surface area contributed by atoms with Crippen molar-refractivity contribution in [1.82, 2.24) is 9.88 Å². The van der Waals surface area contributed by atoms with Gasteiger partial charge in [0.05, 0.1) is 5.69 Å². The predicted molar refractivity (Wildman–Crippen MR) is 77.0 cm³/mol. The maximum atomic E-state index is 5.59. The van der Waals surface area contributed by atoms with E-state index >= 15 is 0 Å². The fourth-order valence-electron chi connectivity index (χ4n) is 2.82. The first-order valence-corrected chi connectivity index (χ1v) is 7.56. The summed E-state index contributed by atoms with van der Waals surface area (Å²) in [7, 11) is 0. The van der Waals surface area contributed by atoms with Crippen LogP contribution in [-0.2, 0) is 12.8 Å². The van der Waals surface area contributed by atoms with Crippen molar-refractivity contribution in [3.8, 4) is 0 Å². The highest BCUT2D eigenvalue weighted by Crippen LogP contribution is 2.22. The lowest BCUT2D eigenvalue weighted by atomic mass is 9.94. The summed E-state index contributed by atoms with van der Waals surface area (Å²) in [4.78, 5) is 7.13. The first kappa shape index (κ1) is 14.5. The van der Waals surface area contributed by atoms with Gasteiger partial charge in [-0.1, -0.05) is 0 Å². The van der Waals surface area contributed by atoms with Crippen molar-refractivity contribution >= 4 is 0 Å². The quantitative estimate of drug-likeness (QED) is 0.857. The van der Waals surface area contributed by atoms with Gasteiger partial charge >= 0.3 is 0 Å². The maximum absolute atomic E-state index is 5.59. The molecule has 0 bridgehead atoms. The molecule has 4 heteroatoms. The largest absolute Gasteiger partial charge is 0.449 e. The van der Waals surface area contributed by atoms with Gasteiger partial charge in [0.2, 0.25) is 0 Å². The number of nitrogens with two attached hydrogens (primary N) is 1. The Morgan fingerprint density at radius 2 is 2.37 bits per heavy atom. The molecule has 19 heavy (non-hydrogen) atoms. The molecule has 2 rings (SSSR count).